The van der Waals surface area contributed by atoms with Crippen molar-refractivity contribution < 1.29 is 17.9 Å². The summed E-state index contributed by atoms with van der Waals surface area (Å²) >= 11 is 5.82. The molecule has 2 aromatic carbocycles. The lowest BCUT2D eigenvalue weighted by Crippen LogP contribution is -2.42. The summed E-state index contributed by atoms with van der Waals surface area (Å²) in [5, 5.41) is 0.592. The summed E-state index contributed by atoms with van der Waals surface area (Å²) in [5.41, 5.74) is 0. The quantitative estimate of drug-likeness (QED) is 0.756. The molecular formula is C19H20ClNO4S. The highest BCUT2D eigenvalue weighted by molar-refractivity contribution is 7.91. The van der Waals surface area contributed by atoms with Gasteiger partial charge in [-0.25, -0.2) is 8.42 Å². The van der Waals surface area contributed by atoms with E-state index in [1.54, 1.807) is 59.5 Å². The first-order valence-electron chi connectivity index (χ1n) is 8.41. The van der Waals surface area contributed by atoms with E-state index < -0.39 is 9.84 Å². The molecule has 1 atom stereocenters. The van der Waals surface area contributed by atoms with Crippen molar-refractivity contribution in [3.8, 4) is 5.75 Å². The molecule has 0 aromatic heterocycles. The van der Waals surface area contributed by atoms with Crippen LogP contribution in [0.25, 0.3) is 0 Å². The maximum absolute atomic E-state index is 12.6. The third-order valence-electron chi connectivity index (χ3n) is 4.39. The smallest absolute Gasteiger partial charge is 0.260 e. The lowest BCUT2D eigenvalue weighted by atomic mass is 10.2. The van der Waals surface area contributed by atoms with E-state index in [1.165, 1.54) is 0 Å². The van der Waals surface area contributed by atoms with Gasteiger partial charge in [0.1, 0.15) is 5.75 Å². The summed E-state index contributed by atoms with van der Waals surface area (Å²) in [5.74, 6) is 0.282. The summed E-state index contributed by atoms with van der Waals surface area (Å²) in [4.78, 5) is 14.4. The van der Waals surface area contributed by atoms with E-state index >= 15 is 0 Å². The van der Waals surface area contributed by atoms with E-state index in [0.29, 0.717) is 23.7 Å². The van der Waals surface area contributed by atoms with Crippen molar-refractivity contribution in [2.45, 2.75) is 23.8 Å². The molecule has 1 aliphatic heterocycles. The number of hydrogen-bond acceptors (Lipinski definition) is 4. The number of carbonyl (C=O) groups is 1. The molecule has 1 heterocycles. The molecule has 2 aromatic rings. The molecule has 7 heteroatoms. The number of benzene rings is 2. The average molecular weight is 394 g/mol. The molecule has 5 nitrogen and oxygen atoms in total. The van der Waals surface area contributed by atoms with Crippen LogP contribution in [0.15, 0.2) is 59.5 Å². The minimum Gasteiger partial charge on any atom is -0.484 e. The maximum Gasteiger partial charge on any atom is 0.260 e. The Balaban J connectivity index is 1.62. The topological polar surface area (TPSA) is 63.7 Å². The Morgan fingerprint density at radius 1 is 1.12 bits per heavy atom. The monoisotopic (exact) mass is 393 g/mol. The van der Waals surface area contributed by atoms with Crippen LogP contribution in [0.1, 0.15) is 12.8 Å². The van der Waals surface area contributed by atoms with Gasteiger partial charge < -0.3 is 9.64 Å². The zero-order chi connectivity index (χ0) is 18.6. The number of carbonyl (C=O) groups excluding carboxylic acids is 1. The molecule has 0 spiro atoms. The zero-order valence-corrected chi connectivity index (χ0v) is 15.7. The van der Waals surface area contributed by atoms with E-state index in [-0.39, 0.29) is 29.2 Å². The zero-order valence-electron chi connectivity index (χ0n) is 14.2. The van der Waals surface area contributed by atoms with Gasteiger partial charge in [-0.2, -0.15) is 0 Å². The van der Waals surface area contributed by atoms with Gasteiger partial charge in [0, 0.05) is 17.6 Å². The number of rotatable bonds is 6. The van der Waals surface area contributed by atoms with E-state index in [1.807, 2.05) is 0 Å². The molecule has 26 heavy (non-hydrogen) atoms. The normalized spacial score (nSPS) is 17.3. The number of ether oxygens (including phenoxy) is 1. The molecule has 1 unspecified atom stereocenters. The van der Waals surface area contributed by atoms with Gasteiger partial charge in [0.2, 0.25) is 0 Å². The maximum atomic E-state index is 12.6. The second-order valence-corrected chi connectivity index (χ2v) is 8.69. The van der Waals surface area contributed by atoms with Gasteiger partial charge in [0.05, 0.1) is 10.6 Å². The predicted molar refractivity (Wildman–Crippen MR) is 100 cm³/mol. The highest BCUT2D eigenvalue weighted by Crippen LogP contribution is 2.23. The SMILES string of the molecule is O=C(COc1ccc(Cl)cc1)N1CCCC1CS(=O)(=O)c1ccccc1. The molecule has 0 N–H and O–H groups in total. The van der Waals surface area contributed by atoms with Crippen LogP contribution >= 0.6 is 11.6 Å². The Morgan fingerprint density at radius 2 is 1.81 bits per heavy atom. The Morgan fingerprint density at radius 3 is 2.50 bits per heavy atom. The molecule has 1 amide bonds. The molecular weight excluding hydrogens is 374 g/mol. The highest BCUT2D eigenvalue weighted by Gasteiger charge is 2.33. The van der Waals surface area contributed by atoms with Gasteiger partial charge in [-0.05, 0) is 49.2 Å². The molecule has 138 valence electrons. The molecule has 0 saturated carbocycles. The fraction of sp³-hybridized carbons (Fsp3) is 0.316. The van der Waals surface area contributed by atoms with Crippen LogP contribution in [0.5, 0.6) is 5.75 Å². The summed E-state index contributed by atoms with van der Waals surface area (Å²) in [6, 6.07) is 14.8. The Bertz CT molecular complexity index is 853. The molecule has 3 rings (SSSR count). The number of halogens is 1. The summed E-state index contributed by atoms with van der Waals surface area (Å²) in [7, 11) is -3.43. The van der Waals surface area contributed by atoms with Crippen LogP contribution in [0, 0.1) is 0 Å². The molecule has 1 fully saturated rings. The van der Waals surface area contributed by atoms with Gasteiger partial charge in [-0.15, -0.1) is 0 Å². The molecule has 1 aliphatic rings. The van der Waals surface area contributed by atoms with Gasteiger partial charge in [0.25, 0.3) is 5.91 Å². The fourth-order valence-corrected chi connectivity index (χ4v) is 4.82. The van der Waals surface area contributed by atoms with Crippen molar-refractivity contribution in [1.29, 1.82) is 0 Å². The summed E-state index contributed by atoms with van der Waals surface area (Å²) < 4.78 is 30.7. The van der Waals surface area contributed by atoms with Gasteiger partial charge in [0.15, 0.2) is 16.4 Å². The number of nitrogens with zero attached hydrogens (tertiary/aromatic N) is 1. The third kappa shape index (κ3) is 4.56. The average Bonchev–Trinajstić information content (AvgIpc) is 3.09. The Labute approximate surface area is 158 Å². The molecule has 0 aliphatic carbocycles. The standard InChI is InChI=1S/C19H20ClNO4S/c20-15-8-10-17(11-9-15)25-13-19(22)21-12-4-5-16(21)14-26(23,24)18-6-2-1-3-7-18/h1-3,6-11,16H,4-5,12-14H2. The van der Waals surface area contributed by atoms with E-state index in [9.17, 15) is 13.2 Å². The summed E-state index contributed by atoms with van der Waals surface area (Å²) in [6.07, 6.45) is 1.47. The number of likely N-dealkylation sites (tertiary alicyclic amines) is 1. The van der Waals surface area contributed by atoms with E-state index in [4.69, 9.17) is 16.3 Å². The van der Waals surface area contributed by atoms with Gasteiger partial charge >= 0.3 is 0 Å². The third-order valence-corrected chi connectivity index (χ3v) is 6.45. The Kier molecular flexibility index (Phi) is 5.84. The first kappa shape index (κ1) is 18.7. The van der Waals surface area contributed by atoms with Crippen LogP contribution in [-0.4, -0.2) is 44.2 Å². The van der Waals surface area contributed by atoms with Gasteiger partial charge in [-0.1, -0.05) is 29.8 Å². The van der Waals surface area contributed by atoms with Crippen molar-refractivity contribution in [3.05, 3.63) is 59.6 Å². The van der Waals surface area contributed by atoms with Crippen molar-refractivity contribution in [3.63, 3.8) is 0 Å². The van der Waals surface area contributed by atoms with Crippen molar-refractivity contribution >= 4 is 27.3 Å². The van der Waals surface area contributed by atoms with Crippen LogP contribution in [0.4, 0.5) is 0 Å². The van der Waals surface area contributed by atoms with Crippen molar-refractivity contribution in [1.82, 2.24) is 4.90 Å². The second kappa shape index (κ2) is 8.10. The predicted octanol–water partition coefficient (Wildman–Crippen LogP) is 3.18. The lowest BCUT2D eigenvalue weighted by molar-refractivity contribution is -0.133. The lowest BCUT2D eigenvalue weighted by Gasteiger charge is -2.24. The van der Waals surface area contributed by atoms with Crippen molar-refractivity contribution in [2.75, 3.05) is 18.9 Å². The minimum absolute atomic E-state index is 0.0658. The molecule has 1 saturated heterocycles. The Hall–Kier alpha value is -2.05. The number of sulfone groups is 1. The van der Waals surface area contributed by atoms with E-state index in [0.717, 1.165) is 6.42 Å². The largest absolute Gasteiger partial charge is 0.484 e. The molecule has 0 radical (unpaired) electrons. The molecule has 0 bridgehead atoms. The van der Waals surface area contributed by atoms with Crippen LogP contribution < -0.4 is 4.74 Å². The summed E-state index contributed by atoms with van der Waals surface area (Å²) in [6.45, 7) is 0.432. The van der Waals surface area contributed by atoms with Crippen LogP contribution in [0.3, 0.4) is 0 Å². The van der Waals surface area contributed by atoms with Gasteiger partial charge in [-0.3, -0.25) is 4.79 Å². The second-order valence-electron chi connectivity index (χ2n) is 6.22. The van der Waals surface area contributed by atoms with Crippen LogP contribution in [0.2, 0.25) is 5.02 Å². The van der Waals surface area contributed by atoms with E-state index in [2.05, 4.69) is 0 Å². The van der Waals surface area contributed by atoms with Crippen LogP contribution in [-0.2, 0) is 14.6 Å². The number of hydrogen-bond donors (Lipinski definition) is 0. The minimum atomic E-state index is -3.43. The first-order valence-corrected chi connectivity index (χ1v) is 10.4. The number of amides is 1. The fourth-order valence-electron chi connectivity index (χ4n) is 3.07. The van der Waals surface area contributed by atoms with Crippen molar-refractivity contribution in [2.24, 2.45) is 0 Å². The first-order chi connectivity index (χ1) is 12.5. The highest BCUT2D eigenvalue weighted by atomic mass is 35.5.